The van der Waals surface area contributed by atoms with Gasteiger partial charge in [-0.25, -0.2) is 4.79 Å². The van der Waals surface area contributed by atoms with Crippen LogP contribution in [0.4, 0.5) is 0 Å². The Kier molecular flexibility index (Phi) is 3.14. The lowest BCUT2D eigenvalue weighted by atomic mass is 10.1. The highest BCUT2D eigenvalue weighted by Gasteiger charge is 2.30. The van der Waals surface area contributed by atoms with E-state index in [0.29, 0.717) is 28.3 Å². The van der Waals surface area contributed by atoms with Crippen LogP contribution in [0, 0.1) is 0 Å². The first kappa shape index (κ1) is 11.4. The number of nitrogens with one attached hydrogen (secondary N) is 1. The van der Waals surface area contributed by atoms with Gasteiger partial charge in [0.1, 0.15) is 0 Å². The summed E-state index contributed by atoms with van der Waals surface area (Å²) in [4.78, 5) is 25.9. The van der Waals surface area contributed by atoms with Crippen LogP contribution in [0.1, 0.15) is 41.7 Å². The zero-order valence-electron chi connectivity index (χ0n) is 8.88. The van der Waals surface area contributed by atoms with Crippen molar-refractivity contribution in [1.82, 2.24) is 4.98 Å². The summed E-state index contributed by atoms with van der Waals surface area (Å²) in [6.45, 7) is 2.09. The van der Waals surface area contributed by atoms with E-state index < -0.39 is 0 Å². The highest BCUT2D eigenvalue weighted by Crippen LogP contribution is 2.40. The average molecular weight is 286 g/mol. The number of rotatable bonds is 3. The quantitative estimate of drug-likeness (QED) is 0.866. The van der Waals surface area contributed by atoms with Crippen molar-refractivity contribution in [3.8, 4) is 0 Å². The van der Waals surface area contributed by atoms with Crippen LogP contribution in [0.25, 0.3) is 0 Å². The molecule has 0 bridgehead atoms. The van der Waals surface area contributed by atoms with E-state index in [4.69, 9.17) is 4.74 Å². The monoisotopic (exact) mass is 285 g/mol. The molecule has 5 heteroatoms. The predicted octanol–water partition coefficient (Wildman–Crippen LogP) is 2.19. The van der Waals surface area contributed by atoms with E-state index >= 15 is 0 Å². The summed E-state index contributed by atoms with van der Waals surface area (Å²) < 4.78 is 5.32. The maximum Gasteiger partial charge on any atom is 0.339 e. The lowest BCUT2D eigenvalue weighted by molar-refractivity contribution is 0.0524. The number of aromatic amines is 1. The van der Waals surface area contributed by atoms with Gasteiger partial charge < -0.3 is 9.72 Å². The molecule has 1 aliphatic rings. The van der Waals surface area contributed by atoms with E-state index in [0.717, 1.165) is 12.8 Å². The van der Waals surface area contributed by atoms with E-state index in [1.165, 1.54) is 0 Å². The molecule has 0 radical (unpaired) electrons. The summed E-state index contributed by atoms with van der Waals surface area (Å²) in [5, 5.41) is 0. The van der Waals surface area contributed by atoms with Gasteiger partial charge in [0.25, 0.3) is 5.56 Å². The Bertz CT molecular complexity index is 477. The molecule has 0 atom stereocenters. The first-order valence-electron chi connectivity index (χ1n) is 5.23. The van der Waals surface area contributed by atoms with Crippen LogP contribution in [0.3, 0.4) is 0 Å². The fraction of sp³-hybridized carbons (Fsp3) is 0.455. The standard InChI is InChI=1S/C11H12BrNO3/c1-2-16-11(15)7-5-8(12)10(14)13-9(7)6-3-4-6/h5-6H,2-4H2,1H3,(H,13,14). The van der Waals surface area contributed by atoms with Crippen LogP contribution in [-0.2, 0) is 4.74 Å². The van der Waals surface area contributed by atoms with Gasteiger partial charge in [-0.3, -0.25) is 4.79 Å². The maximum absolute atomic E-state index is 11.7. The molecule has 1 heterocycles. The lowest BCUT2D eigenvalue weighted by Crippen LogP contribution is -2.16. The summed E-state index contributed by atoms with van der Waals surface area (Å²) in [7, 11) is 0. The van der Waals surface area contributed by atoms with Crippen molar-refractivity contribution in [2.24, 2.45) is 0 Å². The molecule has 1 aromatic heterocycles. The molecule has 1 N–H and O–H groups in total. The van der Waals surface area contributed by atoms with Gasteiger partial charge in [0.2, 0.25) is 0 Å². The molecule has 1 aromatic rings. The Balaban J connectivity index is 2.45. The van der Waals surface area contributed by atoms with E-state index in [2.05, 4.69) is 20.9 Å². The molecule has 2 rings (SSSR count). The molecular weight excluding hydrogens is 274 g/mol. The van der Waals surface area contributed by atoms with Crippen molar-refractivity contribution in [2.45, 2.75) is 25.7 Å². The highest BCUT2D eigenvalue weighted by molar-refractivity contribution is 9.10. The van der Waals surface area contributed by atoms with Crippen molar-refractivity contribution < 1.29 is 9.53 Å². The molecular formula is C11H12BrNO3. The molecule has 0 spiro atoms. The Morgan fingerprint density at radius 3 is 2.88 bits per heavy atom. The molecule has 0 aliphatic heterocycles. The summed E-state index contributed by atoms with van der Waals surface area (Å²) in [6.07, 6.45) is 2.04. The number of esters is 1. The molecule has 1 saturated carbocycles. The van der Waals surface area contributed by atoms with E-state index in [9.17, 15) is 9.59 Å². The van der Waals surface area contributed by atoms with Crippen LogP contribution in [0.15, 0.2) is 15.3 Å². The van der Waals surface area contributed by atoms with Gasteiger partial charge in [0.15, 0.2) is 0 Å². The minimum absolute atomic E-state index is 0.199. The van der Waals surface area contributed by atoms with Crippen molar-refractivity contribution in [1.29, 1.82) is 0 Å². The second-order valence-electron chi connectivity index (χ2n) is 3.77. The van der Waals surface area contributed by atoms with Gasteiger partial charge in [-0.1, -0.05) is 0 Å². The SMILES string of the molecule is CCOC(=O)c1cc(Br)c(=O)[nH]c1C1CC1. The second-order valence-corrected chi connectivity index (χ2v) is 4.62. The number of ether oxygens (including phenoxy) is 1. The summed E-state index contributed by atoms with van der Waals surface area (Å²) in [5.41, 5.74) is 0.984. The minimum Gasteiger partial charge on any atom is -0.462 e. The third kappa shape index (κ3) is 2.19. The number of aromatic nitrogens is 1. The van der Waals surface area contributed by atoms with Gasteiger partial charge in [-0.15, -0.1) is 0 Å². The molecule has 0 amide bonds. The van der Waals surface area contributed by atoms with Crippen molar-refractivity contribution in [3.63, 3.8) is 0 Å². The van der Waals surface area contributed by atoms with E-state index in [-0.39, 0.29) is 11.5 Å². The number of hydrogen-bond donors (Lipinski definition) is 1. The molecule has 4 nitrogen and oxygen atoms in total. The number of hydrogen-bond acceptors (Lipinski definition) is 3. The van der Waals surface area contributed by atoms with Gasteiger partial charge in [-0.2, -0.15) is 0 Å². The first-order valence-corrected chi connectivity index (χ1v) is 6.02. The minimum atomic E-state index is -0.374. The van der Waals surface area contributed by atoms with Gasteiger partial charge in [-0.05, 0) is 41.8 Å². The zero-order chi connectivity index (χ0) is 11.7. The highest BCUT2D eigenvalue weighted by atomic mass is 79.9. The number of carbonyl (C=O) groups excluding carboxylic acids is 1. The van der Waals surface area contributed by atoms with Crippen molar-refractivity contribution in [2.75, 3.05) is 6.61 Å². The molecule has 0 unspecified atom stereocenters. The lowest BCUT2D eigenvalue weighted by Gasteiger charge is -2.07. The first-order chi connectivity index (χ1) is 7.63. The van der Waals surface area contributed by atoms with Crippen LogP contribution >= 0.6 is 15.9 Å². The number of carbonyl (C=O) groups is 1. The normalized spacial score (nSPS) is 14.9. The van der Waals surface area contributed by atoms with Crippen molar-refractivity contribution in [3.05, 3.63) is 32.2 Å². The van der Waals surface area contributed by atoms with Gasteiger partial charge in [0.05, 0.1) is 16.6 Å². The largest absolute Gasteiger partial charge is 0.462 e. The molecule has 1 fully saturated rings. The fourth-order valence-corrected chi connectivity index (χ4v) is 1.92. The maximum atomic E-state index is 11.7. The Labute approximate surface area is 101 Å². The fourth-order valence-electron chi connectivity index (χ4n) is 1.59. The van der Waals surface area contributed by atoms with Crippen LogP contribution in [-0.4, -0.2) is 17.6 Å². The van der Waals surface area contributed by atoms with Gasteiger partial charge >= 0.3 is 5.97 Å². The van der Waals surface area contributed by atoms with Crippen molar-refractivity contribution >= 4 is 21.9 Å². The summed E-state index contributed by atoms with van der Waals surface area (Å²) in [5.74, 6) is -0.0680. The van der Waals surface area contributed by atoms with Crippen LogP contribution in [0.2, 0.25) is 0 Å². The number of pyridine rings is 1. The van der Waals surface area contributed by atoms with E-state index in [1.807, 2.05) is 0 Å². The van der Waals surface area contributed by atoms with Crippen LogP contribution in [0.5, 0.6) is 0 Å². The average Bonchev–Trinajstić information content (AvgIpc) is 3.05. The smallest absolute Gasteiger partial charge is 0.339 e. The molecule has 1 aliphatic carbocycles. The molecule has 0 aromatic carbocycles. The summed E-state index contributed by atoms with van der Waals surface area (Å²) >= 11 is 3.12. The zero-order valence-corrected chi connectivity index (χ0v) is 10.5. The summed E-state index contributed by atoms with van der Waals surface area (Å²) in [6, 6.07) is 1.55. The third-order valence-electron chi connectivity index (χ3n) is 2.51. The van der Waals surface area contributed by atoms with E-state index in [1.54, 1.807) is 13.0 Å². The predicted molar refractivity (Wildman–Crippen MR) is 62.7 cm³/mol. The Morgan fingerprint density at radius 1 is 1.62 bits per heavy atom. The third-order valence-corrected chi connectivity index (χ3v) is 3.10. The Hall–Kier alpha value is -1.10. The van der Waals surface area contributed by atoms with Gasteiger partial charge in [0, 0.05) is 11.6 Å². The second kappa shape index (κ2) is 4.41. The molecule has 16 heavy (non-hydrogen) atoms. The number of halogens is 1. The van der Waals surface area contributed by atoms with Crippen LogP contribution < -0.4 is 5.56 Å². The Morgan fingerprint density at radius 2 is 2.31 bits per heavy atom. The topological polar surface area (TPSA) is 59.2 Å². The number of H-pyrrole nitrogens is 1. The molecule has 86 valence electrons. The molecule has 0 saturated heterocycles.